The second-order valence-electron chi connectivity index (χ2n) is 2.88. The molecule has 1 saturated heterocycles. The number of guanidine groups is 1. The molecule has 1 aliphatic heterocycles. The zero-order valence-electron chi connectivity index (χ0n) is 7.89. The first kappa shape index (κ1) is 11.3. The first-order valence-electron chi connectivity index (χ1n) is 4.45. The van der Waals surface area contributed by atoms with E-state index < -0.39 is 6.96 Å². The van der Waals surface area contributed by atoms with Gasteiger partial charge in [0, 0.05) is 26.4 Å². The molecule has 1 rings (SSSR count). The fourth-order valence-electron chi connectivity index (χ4n) is 1.04. The summed E-state index contributed by atoms with van der Waals surface area (Å²) in [5, 5.41) is 9.41. The minimum atomic E-state index is -2.51. The third-order valence-electron chi connectivity index (χ3n) is 1.67. The zero-order chi connectivity index (χ0) is 10.4. The van der Waals surface area contributed by atoms with E-state index in [2.05, 4.69) is 4.99 Å². The highest BCUT2D eigenvalue weighted by molar-refractivity contribution is 6.52. The Kier molecular flexibility index (Phi) is 4.14. The summed E-state index contributed by atoms with van der Waals surface area (Å²) in [7, 11) is 0. The molecule has 0 bridgehead atoms. The van der Waals surface area contributed by atoms with Gasteiger partial charge in [0.1, 0.15) is 0 Å². The summed E-state index contributed by atoms with van der Waals surface area (Å²) in [4.78, 5) is 3.75. The normalized spacial score (nSPS) is 19.5. The molecule has 0 unspecified atom stereocenters. The van der Waals surface area contributed by atoms with Crippen molar-refractivity contribution in [3.05, 3.63) is 0 Å². The van der Waals surface area contributed by atoms with Crippen molar-refractivity contribution >= 4 is 12.9 Å². The quantitative estimate of drug-likeness (QED) is 0.209. The first-order chi connectivity index (χ1) is 6.62. The molecular weight excluding hydrogens is 189 g/mol. The van der Waals surface area contributed by atoms with Crippen LogP contribution in [0.4, 0.5) is 0 Å². The molecule has 1 fully saturated rings. The largest absolute Gasteiger partial charge is 0.533 e. The van der Waals surface area contributed by atoms with Crippen LogP contribution >= 0.6 is 0 Å². The van der Waals surface area contributed by atoms with Gasteiger partial charge in [0.2, 0.25) is 0 Å². The average molecular weight is 204 g/mol. The number of nitrogens with two attached hydrogens (primary N) is 2. The molecule has 0 saturated carbocycles. The van der Waals surface area contributed by atoms with Gasteiger partial charge in [0.05, 0.1) is 0 Å². The van der Waals surface area contributed by atoms with Crippen LogP contribution in [0.2, 0.25) is 0 Å². The van der Waals surface area contributed by atoms with Crippen molar-refractivity contribution in [2.45, 2.75) is 6.42 Å². The molecule has 8 heteroatoms. The SMILES string of the molecule is NC(N)=NCCCO[B-]1(O)OCCO1. The van der Waals surface area contributed by atoms with Crippen LogP contribution in [0.25, 0.3) is 0 Å². The standard InChI is InChI=1S/C6H15BN3O4/c8-6(9)10-2-1-3-12-7(11)13-4-5-14-7/h11H,1-5H2,(H4,8,9,10)/q-1. The maximum Gasteiger partial charge on any atom is 0.529 e. The van der Waals surface area contributed by atoms with Crippen LogP contribution in [-0.2, 0) is 14.0 Å². The molecule has 1 heterocycles. The van der Waals surface area contributed by atoms with Gasteiger partial charge in [-0.1, -0.05) is 0 Å². The Balaban J connectivity index is 2.06. The number of nitrogens with zero attached hydrogens (tertiary/aromatic N) is 1. The van der Waals surface area contributed by atoms with Crippen LogP contribution in [0.1, 0.15) is 6.42 Å². The van der Waals surface area contributed by atoms with Crippen LogP contribution in [0, 0.1) is 0 Å². The summed E-state index contributed by atoms with van der Waals surface area (Å²) in [6.45, 7) is -1.06. The second kappa shape index (κ2) is 5.15. The summed E-state index contributed by atoms with van der Waals surface area (Å²) < 4.78 is 14.7. The maximum atomic E-state index is 9.41. The van der Waals surface area contributed by atoms with Crippen molar-refractivity contribution in [2.24, 2.45) is 16.5 Å². The van der Waals surface area contributed by atoms with Gasteiger partial charge in [0.25, 0.3) is 0 Å². The van der Waals surface area contributed by atoms with E-state index in [0.717, 1.165) is 0 Å². The molecule has 82 valence electrons. The third-order valence-corrected chi connectivity index (χ3v) is 1.67. The average Bonchev–Trinajstić information content (AvgIpc) is 2.51. The van der Waals surface area contributed by atoms with E-state index >= 15 is 0 Å². The molecule has 0 aromatic heterocycles. The molecule has 0 atom stereocenters. The number of hydrogen-bond acceptors (Lipinski definition) is 5. The lowest BCUT2D eigenvalue weighted by molar-refractivity contribution is 0.0594. The van der Waals surface area contributed by atoms with E-state index in [1.165, 1.54) is 0 Å². The van der Waals surface area contributed by atoms with Gasteiger partial charge in [-0.15, -0.1) is 0 Å². The van der Waals surface area contributed by atoms with E-state index in [4.69, 9.17) is 25.4 Å². The second-order valence-corrected chi connectivity index (χ2v) is 2.88. The summed E-state index contributed by atoms with van der Waals surface area (Å²) in [6, 6.07) is 0. The summed E-state index contributed by atoms with van der Waals surface area (Å²) in [5.74, 6) is 0.0441. The van der Waals surface area contributed by atoms with E-state index in [-0.39, 0.29) is 12.6 Å². The number of rotatable bonds is 5. The van der Waals surface area contributed by atoms with Crippen LogP contribution in [0.3, 0.4) is 0 Å². The lowest BCUT2D eigenvalue weighted by Gasteiger charge is -2.27. The highest BCUT2D eigenvalue weighted by Gasteiger charge is 2.31. The molecule has 0 aromatic carbocycles. The molecule has 7 nitrogen and oxygen atoms in total. The van der Waals surface area contributed by atoms with E-state index in [9.17, 15) is 5.02 Å². The van der Waals surface area contributed by atoms with Gasteiger partial charge in [-0.2, -0.15) is 0 Å². The van der Waals surface area contributed by atoms with Crippen molar-refractivity contribution in [1.82, 2.24) is 0 Å². The van der Waals surface area contributed by atoms with E-state index in [1.54, 1.807) is 0 Å². The Morgan fingerprint density at radius 3 is 2.64 bits per heavy atom. The van der Waals surface area contributed by atoms with E-state index in [0.29, 0.717) is 26.2 Å². The number of hydrogen-bond donors (Lipinski definition) is 3. The predicted octanol–water partition coefficient (Wildman–Crippen LogP) is -1.86. The van der Waals surface area contributed by atoms with Gasteiger partial charge >= 0.3 is 6.96 Å². The Bertz CT molecular complexity index is 203. The van der Waals surface area contributed by atoms with Crippen LogP contribution in [-0.4, -0.2) is 44.3 Å². The first-order valence-corrected chi connectivity index (χ1v) is 4.45. The fraction of sp³-hybridized carbons (Fsp3) is 0.833. The van der Waals surface area contributed by atoms with Crippen molar-refractivity contribution in [2.75, 3.05) is 26.4 Å². The van der Waals surface area contributed by atoms with Gasteiger partial charge in [-0.3, -0.25) is 4.99 Å². The van der Waals surface area contributed by atoms with Crippen molar-refractivity contribution < 1.29 is 19.0 Å². The molecular formula is C6H15BN3O4-. The molecule has 0 aliphatic carbocycles. The molecule has 0 radical (unpaired) electrons. The van der Waals surface area contributed by atoms with Gasteiger partial charge in [0.15, 0.2) is 5.96 Å². The van der Waals surface area contributed by atoms with Crippen LogP contribution < -0.4 is 11.5 Å². The monoisotopic (exact) mass is 204 g/mol. The lowest BCUT2D eigenvalue weighted by atomic mass is 10.1. The van der Waals surface area contributed by atoms with Crippen LogP contribution in [0.15, 0.2) is 4.99 Å². The Morgan fingerprint density at radius 1 is 1.43 bits per heavy atom. The lowest BCUT2D eigenvalue weighted by Crippen LogP contribution is -2.41. The fourth-order valence-corrected chi connectivity index (χ4v) is 1.04. The highest BCUT2D eigenvalue weighted by atomic mass is 16.9. The van der Waals surface area contributed by atoms with Gasteiger partial charge in [-0.05, 0) is 6.42 Å². The Morgan fingerprint density at radius 2 is 2.07 bits per heavy atom. The molecule has 14 heavy (non-hydrogen) atoms. The Labute approximate surface area is 82.1 Å². The van der Waals surface area contributed by atoms with E-state index in [1.807, 2.05) is 0 Å². The molecule has 0 amide bonds. The summed E-state index contributed by atoms with van der Waals surface area (Å²) >= 11 is 0. The topological polar surface area (TPSA) is 112 Å². The summed E-state index contributed by atoms with van der Waals surface area (Å²) in [5.41, 5.74) is 10.2. The number of aliphatic imine (C=N–C) groups is 1. The van der Waals surface area contributed by atoms with Gasteiger partial charge in [-0.25, -0.2) is 0 Å². The minimum absolute atomic E-state index is 0.0441. The van der Waals surface area contributed by atoms with Crippen molar-refractivity contribution in [3.8, 4) is 0 Å². The van der Waals surface area contributed by atoms with Crippen molar-refractivity contribution in [1.29, 1.82) is 0 Å². The smallest absolute Gasteiger partial charge is 0.529 e. The maximum absolute atomic E-state index is 9.41. The van der Waals surface area contributed by atoms with Crippen LogP contribution in [0.5, 0.6) is 0 Å². The van der Waals surface area contributed by atoms with Gasteiger partial charge < -0.3 is 30.5 Å². The predicted molar refractivity (Wildman–Crippen MR) is 51.1 cm³/mol. The Hall–Kier alpha value is -0.825. The van der Waals surface area contributed by atoms with Crippen molar-refractivity contribution in [3.63, 3.8) is 0 Å². The molecule has 0 aromatic rings. The minimum Gasteiger partial charge on any atom is -0.533 e. The third kappa shape index (κ3) is 3.92. The molecule has 1 aliphatic rings. The summed E-state index contributed by atoms with van der Waals surface area (Å²) in [6.07, 6.45) is 0.592. The highest BCUT2D eigenvalue weighted by Crippen LogP contribution is 2.11. The zero-order valence-corrected chi connectivity index (χ0v) is 7.89. The molecule has 5 N–H and O–H groups in total. The molecule has 0 spiro atoms.